The van der Waals surface area contributed by atoms with Gasteiger partial charge in [-0.05, 0) is 40.2 Å². The van der Waals surface area contributed by atoms with Crippen molar-refractivity contribution in [3.8, 4) is 6.07 Å². The first-order valence-electron chi connectivity index (χ1n) is 4.98. The summed E-state index contributed by atoms with van der Waals surface area (Å²) in [7, 11) is 0. The smallest absolute Gasteiger partial charge is 0.153 e. The van der Waals surface area contributed by atoms with Gasteiger partial charge in [0.2, 0.25) is 0 Å². The maximum Gasteiger partial charge on any atom is 0.153 e. The predicted molar refractivity (Wildman–Crippen MR) is 75.8 cm³/mol. The minimum Gasteiger partial charge on any atom is -0.396 e. The fraction of sp³-hybridized carbons (Fsp3) is 0. The van der Waals surface area contributed by atoms with Crippen molar-refractivity contribution in [1.29, 1.82) is 5.26 Å². The molecule has 0 bridgehead atoms. The molecule has 0 aliphatic rings. The number of hydrogen-bond donors (Lipinski definition) is 2. The van der Waals surface area contributed by atoms with Crippen LogP contribution in [-0.4, -0.2) is 4.98 Å². The number of anilines is 3. The molecule has 6 heteroatoms. The second-order valence-electron chi connectivity index (χ2n) is 3.52. The number of pyridine rings is 1. The molecule has 0 atom stereocenters. The van der Waals surface area contributed by atoms with E-state index in [-0.39, 0.29) is 0 Å². The Balaban J connectivity index is 2.37. The van der Waals surface area contributed by atoms with E-state index in [1.807, 2.05) is 6.07 Å². The molecule has 3 N–H and O–H groups in total. The van der Waals surface area contributed by atoms with Crippen LogP contribution in [0.25, 0.3) is 0 Å². The van der Waals surface area contributed by atoms with E-state index in [0.717, 1.165) is 4.47 Å². The largest absolute Gasteiger partial charge is 0.396 e. The quantitative estimate of drug-likeness (QED) is 0.883. The number of nitrogen functional groups attached to an aromatic ring is 1. The van der Waals surface area contributed by atoms with Crippen molar-refractivity contribution in [2.45, 2.75) is 0 Å². The van der Waals surface area contributed by atoms with Gasteiger partial charge in [0.05, 0.1) is 28.0 Å². The van der Waals surface area contributed by atoms with Crippen molar-refractivity contribution in [3.05, 3.63) is 45.5 Å². The Hall–Kier alpha value is -1.77. The van der Waals surface area contributed by atoms with Gasteiger partial charge in [-0.25, -0.2) is 4.98 Å². The summed E-state index contributed by atoms with van der Waals surface area (Å²) in [6.07, 6.45) is 1.63. The standard InChI is InChI=1S/C12H8BrClN4/c13-8-4-10(16)12(17-6-8)18-11-3-7(5-15)1-2-9(11)14/h1-4,6H,16H2,(H,17,18). The van der Waals surface area contributed by atoms with Gasteiger partial charge in [0.25, 0.3) is 0 Å². The molecule has 0 fully saturated rings. The molecule has 0 unspecified atom stereocenters. The van der Waals surface area contributed by atoms with Gasteiger partial charge in [0.1, 0.15) is 0 Å². The highest BCUT2D eigenvalue weighted by Crippen LogP contribution is 2.29. The van der Waals surface area contributed by atoms with Crippen molar-refractivity contribution >= 4 is 44.7 Å². The van der Waals surface area contributed by atoms with E-state index >= 15 is 0 Å². The molecule has 0 spiro atoms. The first kappa shape index (κ1) is 12.7. The number of nitrogens with zero attached hydrogens (tertiary/aromatic N) is 2. The molecule has 18 heavy (non-hydrogen) atoms. The Bertz CT molecular complexity index is 636. The average Bonchev–Trinajstić information content (AvgIpc) is 2.35. The van der Waals surface area contributed by atoms with E-state index in [1.165, 1.54) is 0 Å². The number of nitrogens with one attached hydrogen (secondary N) is 1. The van der Waals surface area contributed by atoms with Crippen LogP contribution in [-0.2, 0) is 0 Å². The third-order valence-electron chi connectivity index (χ3n) is 2.23. The highest BCUT2D eigenvalue weighted by atomic mass is 79.9. The molecule has 1 heterocycles. The Morgan fingerprint density at radius 2 is 2.17 bits per heavy atom. The Labute approximate surface area is 118 Å². The van der Waals surface area contributed by atoms with E-state index in [9.17, 15) is 0 Å². The van der Waals surface area contributed by atoms with E-state index in [2.05, 4.69) is 26.2 Å². The summed E-state index contributed by atoms with van der Waals surface area (Å²) < 4.78 is 0.794. The van der Waals surface area contributed by atoms with Crippen molar-refractivity contribution in [1.82, 2.24) is 4.98 Å². The molecule has 90 valence electrons. The number of nitrogens with two attached hydrogens (primary N) is 1. The topological polar surface area (TPSA) is 74.7 Å². The zero-order valence-electron chi connectivity index (χ0n) is 9.11. The van der Waals surface area contributed by atoms with Crippen molar-refractivity contribution in [2.24, 2.45) is 0 Å². The van der Waals surface area contributed by atoms with Crippen LogP contribution in [0.15, 0.2) is 34.9 Å². The minimum absolute atomic E-state index is 0.489. The fourth-order valence-electron chi connectivity index (χ4n) is 1.38. The highest BCUT2D eigenvalue weighted by molar-refractivity contribution is 9.10. The summed E-state index contributed by atoms with van der Waals surface area (Å²) >= 11 is 9.32. The molecule has 0 radical (unpaired) electrons. The summed E-state index contributed by atoms with van der Waals surface area (Å²) in [5.41, 5.74) is 7.42. The third-order valence-corrected chi connectivity index (χ3v) is 3.00. The number of halogens is 2. The number of aromatic nitrogens is 1. The number of rotatable bonds is 2. The lowest BCUT2D eigenvalue weighted by Crippen LogP contribution is -1.99. The van der Waals surface area contributed by atoms with Gasteiger partial charge in [-0.15, -0.1) is 0 Å². The molecule has 0 saturated heterocycles. The van der Waals surface area contributed by atoms with E-state index < -0.39 is 0 Å². The summed E-state index contributed by atoms with van der Waals surface area (Å²) in [5, 5.41) is 12.3. The summed E-state index contributed by atoms with van der Waals surface area (Å²) in [6, 6.07) is 8.72. The van der Waals surface area contributed by atoms with Gasteiger partial charge >= 0.3 is 0 Å². The monoisotopic (exact) mass is 322 g/mol. The third kappa shape index (κ3) is 2.73. The van der Waals surface area contributed by atoms with Crippen LogP contribution in [0.4, 0.5) is 17.2 Å². The van der Waals surface area contributed by atoms with Crippen LogP contribution in [0.5, 0.6) is 0 Å². The van der Waals surface area contributed by atoms with Crippen LogP contribution < -0.4 is 11.1 Å². The molecule has 0 saturated carbocycles. The lowest BCUT2D eigenvalue weighted by atomic mass is 10.2. The van der Waals surface area contributed by atoms with Gasteiger partial charge in [0, 0.05) is 10.7 Å². The Morgan fingerprint density at radius 1 is 1.39 bits per heavy atom. The second kappa shape index (κ2) is 5.25. The number of hydrogen-bond acceptors (Lipinski definition) is 4. The summed E-state index contributed by atoms with van der Waals surface area (Å²) in [6.45, 7) is 0. The fourth-order valence-corrected chi connectivity index (χ4v) is 1.89. The molecular weight excluding hydrogens is 316 g/mol. The van der Waals surface area contributed by atoms with Crippen molar-refractivity contribution in [3.63, 3.8) is 0 Å². The normalized spacial score (nSPS) is 9.83. The summed E-state index contributed by atoms with van der Waals surface area (Å²) in [5.74, 6) is 0.496. The first-order chi connectivity index (χ1) is 8.60. The first-order valence-corrected chi connectivity index (χ1v) is 6.15. The Morgan fingerprint density at radius 3 is 2.83 bits per heavy atom. The maximum absolute atomic E-state index is 8.84. The van der Waals surface area contributed by atoms with Crippen molar-refractivity contribution in [2.75, 3.05) is 11.1 Å². The molecule has 4 nitrogen and oxygen atoms in total. The van der Waals surface area contributed by atoms with Gasteiger partial charge in [0.15, 0.2) is 5.82 Å². The average molecular weight is 324 g/mol. The summed E-state index contributed by atoms with van der Waals surface area (Å²) in [4.78, 5) is 4.15. The van der Waals surface area contributed by atoms with E-state index in [1.54, 1.807) is 30.5 Å². The van der Waals surface area contributed by atoms with Crippen LogP contribution in [0.1, 0.15) is 5.56 Å². The lowest BCUT2D eigenvalue weighted by Gasteiger charge is -2.10. The predicted octanol–water partition coefficient (Wildman–Crippen LogP) is 3.69. The van der Waals surface area contributed by atoms with E-state index in [0.29, 0.717) is 27.8 Å². The van der Waals surface area contributed by atoms with Crippen LogP contribution in [0, 0.1) is 11.3 Å². The van der Waals surface area contributed by atoms with Crippen LogP contribution >= 0.6 is 27.5 Å². The molecular formula is C12H8BrClN4. The van der Waals surface area contributed by atoms with Crippen LogP contribution in [0.3, 0.4) is 0 Å². The number of nitriles is 1. The van der Waals surface area contributed by atoms with Gasteiger partial charge in [-0.2, -0.15) is 5.26 Å². The Kier molecular flexibility index (Phi) is 3.70. The zero-order chi connectivity index (χ0) is 13.1. The molecule has 0 amide bonds. The molecule has 1 aromatic heterocycles. The maximum atomic E-state index is 8.84. The van der Waals surface area contributed by atoms with Gasteiger partial charge in [-0.1, -0.05) is 11.6 Å². The van der Waals surface area contributed by atoms with Crippen LogP contribution in [0.2, 0.25) is 5.02 Å². The molecule has 0 aliphatic heterocycles. The van der Waals surface area contributed by atoms with Gasteiger partial charge < -0.3 is 11.1 Å². The molecule has 1 aromatic carbocycles. The molecule has 0 aliphatic carbocycles. The molecule has 2 rings (SSSR count). The van der Waals surface area contributed by atoms with Gasteiger partial charge in [-0.3, -0.25) is 0 Å². The second-order valence-corrected chi connectivity index (χ2v) is 4.85. The lowest BCUT2D eigenvalue weighted by molar-refractivity contribution is 1.29. The van der Waals surface area contributed by atoms with E-state index in [4.69, 9.17) is 22.6 Å². The SMILES string of the molecule is N#Cc1ccc(Cl)c(Nc2ncc(Br)cc2N)c1. The minimum atomic E-state index is 0.489. The highest BCUT2D eigenvalue weighted by Gasteiger charge is 2.06. The van der Waals surface area contributed by atoms with Crippen molar-refractivity contribution < 1.29 is 0 Å². The number of benzene rings is 1. The molecule has 2 aromatic rings. The zero-order valence-corrected chi connectivity index (χ0v) is 11.5.